The van der Waals surface area contributed by atoms with E-state index in [4.69, 9.17) is 4.98 Å². The first-order valence-corrected chi connectivity index (χ1v) is 13.9. The number of hydrogen-bond donors (Lipinski definition) is 0. The van der Waals surface area contributed by atoms with E-state index in [1.807, 2.05) is 58.8 Å². The fraction of sp³-hybridized carbons (Fsp3) is 0.367. The van der Waals surface area contributed by atoms with Gasteiger partial charge in [-0.2, -0.15) is 0 Å². The molecule has 2 aromatic carbocycles. The highest BCUT2D eigenvalue weighted by Crippen LogP contribution is 2.29. The predicted octanol–water partition coefficient (Wildman–Crippen LogP) is 7.18. The maximum atomic E-state index is 13.9. The largest absolute Gasteiger partial charge is 0.328 e. The van der Waals surface area contributed by atoms with Crippen LogP contribution in [0.3, 0.4) is 0 Å². The predicted molar refractivity (Wildman–Crippen MR) is 149 cm³/mol. The lowest BCUT2D eigenvalue weighted by molar-refractivity contribution is 0.0660. The number of amides is 1. The van der Waals surface area contributed by atoms with Crippen LogP contribution >= 0.6 is 11.3 Å². The number of carbonyl (C=O) groups is 1. The number of carbonyl (C=O) groups excluding carboxylic acids is 1. The highest BCUT2D eigenvalue weighted by atomic mass is 32.1. The number of aryl methyl sites for hydroxylation is 1. The lowest BCUT2D eigenvalue weighted by Gasteiger charge is -2.32. The molecule has 0 aliphatic carbocycles. The molecule has 0 aliphatic heterocycles. The molecule has 4 rings (SSSR count). The molecular weight excluding hydrogens is 466 g/mol. The number of fused-ring (bicyclic) bond motifs is 1. The van der Waals surface area contributed by atoms with Crippen LogP contribution in [0.2, 0.25) is 0 Å². The van der Waals surface area contributed by atoms with E-state index in [-0.39, 0.29) is 17.5 Å². The van der Waals surface area contributed by atoms with Gasteiger partial charge in [0, 0.05) is 6.54 Å². The van der Waals surface area contributed by atoms with Crippen LogP contribution in [0.1, 0.15) is 80.0 Å². The molecule has 0 bridgehead atoms. The summed E-state index contributed by atoms with van der Waals surface area (Å²) < 4.78 is 1.72. The molecule has 1 unspecified atom stereocenters. The Morgan fingerprint density at radius 3 is 2.42 bits per heavy atom. The van der Waals surface area contributed by atoms with Crippen molar-refractivity contribution < 1.29 is 4.79 Å². The summed E-state index contributed by atoms with van der Waals surface area (Å²) in [5.74, 6) is 0.620. The van der Waals surface area contributed by atoms with E-state index in [1.165, 1.54) is 16.9 Å². The summed E-state index contributed by atoms with van der Waals surface area (Å²) in [6.45, 7) is 7.00. The van der Waals surface area contributed by atoms with Crippen LogP contribution in [0.5, 0.6) is 0 Å². The van der Waals surface area contributed by atoms with E-state index in [9.17, 15) is 9.59 Å². The molecule has 0 saturated heterocycles. The molecule has 4 aromatic rings. The minimum absolute atomic E-state index is 0.00337. The van der Waals surface area contributed by atoms with Gasteiger partial charge in [-0.15, -0.1) is 11.3 Å². The van der Waals surface area contributed by atoms with Crippen molar-refractivity contribution in [2.24, 2.45) is 0 Å². The number of hydrogen-bond acceptors (Lipinski definition) is 4. The molecule has 188 valence electrons. The Kier molecular flexibility index (Phi) is 8.70. The second-order valence-electron chi connectivity index (χ2n) is 9.11. The Bertz CT molecular complexity index is 1340. The minimum Gasteiger partial charge on any atom is -0.328 e. The van der Waals surface area contributed by atoms with Crippen molar-refractivity contribution in [3.8, 4) is 5.69 Å². The Morgan fingerprint density at radius 1 is 0.972 bits per heavy atom. The van der Waals surface area contributed by atoms with Crippen molar-refractivity contribution in [2.75, 3.05) is 6.54 Å². The fourth-order valence-electron chi connectivity index (χ4n) is 4.70. The molecule has 2 aromatic heterocycles. The van der Waals surface area contributed by atoms with Crippen LogP contribution in [0.15, 0.2) is 70.8 Å². The summed E-state index contributed by atoms with van der Waals surface area (Å²) in [4.78, 5) is 35.3. The van der Waals surface area contributed by atoms with Crippen molar-refractivity contribution in [3.63, 3.8) is 0 Å². The van der Waals surface area contributed by atoms with Crippen LogP contribution in [0.4, 0.5) is 0 Å². The zero-order valence-corrected chi connectivity index (χ0v) is 22.3. The topological polar surface area (TPSA) is 55.2 Å². The molecule has 0 radical (unpaired) electrons. The van der Waals surface area contributed by atoms with Gasteiger partial charge in [-0.1, -0.05) is 70.4 Å². The molecule has 5 nitrogen and oxygen atoms in total. The average molecular weight is 502 g/mol. The highest BCUT2D eigenvalue weighted by molar-refractivity contribution is 7.12. The summed E-state index contributed by atoms with van der Waals surface area (Å²) >= 11 is 1.46. The van der Waals surface area contributed by atoms with Crippen molar-refractivity contribution in [2.45, 2.75) is 65.3 Å². The molecule has 0 aliphatic rings. The van der Waals surface area contributed by atoms with Crippen LogP contribution in [-0.4, -0.2) is 26.9 Å². The summed E-state index contributed by atoms with van der Waals surface area (Å²) in [5.41, 5.74) is 2.54. The Morgan fingerprint density at radius 2 is 1.75 bits per heavy atom. The van der Waals surface area contributed by atoms with Crippen molar-refractivity contribution in [3.05, 3.63) is 92.7 Å². The molecule has 1 atom stereocenters. The molecular formula is C30H35N3O2S. The van der Waals surface area contributed by atoms with E-state index in [2.05, 4.69) is 32.9 Å². The van der Waals surface area contributed by atoms with Gasteiger partial charge in [0.15, 0.2) is 0 Å². The van der Waals surface area contributed by atoms with Crippen molar-refractivity contribution >= 4 is 28.1 Å². The van der Waals surface area contributed by atoms with Gasteiger partial charge in [-0.3, -0.25) is 14.2 Å². The monoisotopic (exact) mass is 501 g/mol. The van der Waals surface area contributed by atoms with E-state index < -0.39 is 0 Å². The van der Waals surface area contributed by atoms with E-state index >= 15 is 0 Å². The smallest absolute Gasteiger partial charge is 0.266 e. The lowest BCUT2D eigenvalue weighted by atomic mass is 10.1. The van der Waals surface area contributed by atoms with Crippen molar-refractivity contribution in [1.82, 2.24) is 14.5 Å². The standard InChI is InChI=1S/C30H35N3O2S/c1-4-7-8-11-20-32(30(35)27-15-12-21-36-27)26(6-3)28-31-25-14-10-9-13-24(25)29(34)33(28)23-18-16-22(5-2)17-19-23/h9-10,12-19,21,26H,4-8,11,20H2,1-3H3. The third-order valence-corrected chi connectivity index (χ3v) is 7.57. The number of para-hydroxylation sites is 1. The molecule has 0 spiro atoms. The van der Waals surface area contributed by atoms with Crippen LogP contribution in [-0.2, 0) is 6.42 Å². The molecule has 36 heavy (non-hydrogen) atoms. The number of rotatable bonds is 11. The molecule has 6 heteroatoms. The number of unbranched alkanes of at least 4 members (excludes halogenated alkanes) is 3. The first-order chi connectivity index (χ1) is 17.6. The maximum absolute atomic E-state index is 13.9. The minimum atomic E-state index is -0.329. The lowest BCUT2D eigenvalue weighted by Crippen LogP contribution is -2.39. The van der Waals surface area contributed by atoms with Gasteiger partial charge >= 0.3 is 0 Å². The first kappa shape index (κ1) is 25.8. The van der Waals surface area contributed by atoms with Gasteiger partial charge in [0.1, 0.15) is 5.82 Å². The van der Waals surface area contributed by atoms with Gasteiger partial charge in [0.05, 0.1) is 27.5 Å². The van der Waals surface area contributed by atoms with Crippen LogP contribution in [0.25, 0.3) is 16.6 Å². The molecule has 0 saturated carbocycles. The summed E-state index contributed by atoms with van der Waals surface area (Å²) in [6, 6.07) is 19.0. The zero-order valence-electron chi connectivity index (χ0n) is 21.4. The summed E-state index contributed by atoms with van der Waals surface area (Å²) in [5, 5.41) is 2.51. The number of thiophene rings is 1. The molecule has 2 heterocycles. The van der Waals surface area contributed by atoms with Crippen LogP contribution < -0.4 is 5.56 Å². The zero-order chi connectivity index (χ0) is 25.5. The van der Waals surface area contributed by atoms with E-state index in [0.29, 0.717) is 34.6 Å². The second-order valence-corrected chi connectivity index (χ2v) is 10.1. The average Bonchev–Trinajstić information content (AvgIpc) is 3.45. The van der Waals surface area contributed by atoms with E-state index in [0.717, 1.165) is 37.8 Å². The Labute approximate surface area is 217 Å². The SMILES string of the molecule is CCCCCCN(C(=O)c1cccs1)C(CC)c1nc2ccccc2c(=O)n1-c1ccc(CC)cc1. The van der Waals surface area contributed by atoms with Gasteiger partial charge in [-0.05, 0) is 60.5 Å². The normalized spacial score (nSPS) is 12.1. The Hall–Kier alpha value is -3.25. The van der Waals surface area contributed by atoms with Gasteiger partial charge < -0.3 is 4.90 Å². The summed E-state index contributed by atoms with van der Waals surface area (Å²) in [7, 11) is 0. The van der Waals surface area contributed by atoms with E-state index in [1.54, 1.807) is 4.57 Å². The van der Waals surface area contributed by atoms with Gasteiger partial charge in [0.2, 0.25) is 0 Å². The maximum Gasteiger partial charge on any atom is 0.266 e. The third-order valence-electron chi connectivity index (χ3n) is 6.71. The quantitative estimate of drug-likeness (QED) is 0.205. The van der Waals surface area contributed by atoms with Crippen LogP contribution in [0, 0.1) is 0 Å². The number of benzene rings is 2. The molecule has 0 fully saturated rings. The Balaban J connectivity index is 1.88. The molecule has 1 amide bonds. The number of aromatic nitrogens is 2. The second kappa shape index (κ2) is 12.1. The van der Waals surface area contributed by atoms with Crippen molar-refractivity contribution in [1.29, 1.82) is 0 Å². The third kappa shape index (κ3) is 5.44. The fourth-order valence-corrected chi connectivity index (χ4v) is 5.37. The van der Waals surface area contributed by atoms with Gasteiger partial charge in [0.25, 0.3) is 11.5 Å². The number of nitrogens with zero attached hydrogens (tertiary/aromatic N) is 3. The summed E-state index contributed by atoms with van der Waals surface area (Å²) in [6.07, 6.45) is 5.84. The first-order valence-electron chi connectivity index (χ1n) is 13.0. The van der Waals surface area contributed by atoms with Gasteiger partial charge in [-0.25, -0.2) is 4.98 Å². The highest BCUT2D eigenvalue weighted by Gasteiger charge is 2.30. The molecule has 0 N–H and O–H groups in total.